The highest BCUT2D eigenvalue weighted by Crippen LogP contribution is 2.49. The van der Waals surface area contributed by atoms with Crippen LogP contribution in [0.5, 0.6) is 0 Å². The van der Waals surface area contributed by atoms with Gasteiger partial charge in [-0.05, 0) is 25.5 Å². The minimum atomic E-state index is -4.72. The number of nitrogens with zero attached hydrogens (tertiary/aromatic N) is 6. The Hall–Kier alpha value is -3.06. The summed E-state index contributed by atoms with van der Waals surface area (Å²) in [6.07, 6.45) is 2.62. The molecule has 3 aromatic rings. The first-order valence-electron chi connectivity index (χ1n) is 14.4. The highest BCUT2D eigenvalue weighted by atomic mass is 31.2. The second-order valence-electron chi connectivity index (χ2n) is 10.6. The van der Waals surface area contributed by atoms with Gasteiger partial charge >= 0.3 is 13.5 Å². The van der Waals surface area contributed by atoms with Crippen molar-refractivity contribution in [3.8, 4) is 0 Å². The Labute approximate surface area is 252 Å². The van der Waals surface area contributed by atoms with E-state index in [2.05, 4.69) is 25.3 Å². The first-order valence-corrected chi connectivity index (χ1v) is 15.9. The van der Waals surface area contributed by atoms with Gasteiger partial charge < -0.3 is 41.4 Å². The van der Waals surface area contributed by atoms with Gasteiger partial charge in [-0.1, -0.05) is 12.8 Å². The number of aromatic nitrogens is 6. The molecule has 5 rings (SSSR count). The average molecular weight is 640 g/mol. The lowest BCUT2D eigenvalue weighted by atomic mass is 10.2. The average Bonchev–Trinajstić information content (AvgIpc) is 3.70. The topological polar surface area (TPSA) is 257 Å². The van der Waals surface area contributed by atoms with Crippen LogP contribution in [0.3, 0.4) is 0 Å². The molecule has 44 heavy (non-hydrogen) atoms. The third kappa shape index (κ3) is 7.59. The van der Waals surface area contributed by atoms with Gasteiger partial charge in [-0.2, -0.15) is 4.98 Å². The summed E-state index contributed by atoms with van der Waals surface area (Å²) in [7, 11) is -4.72. The van der Waals surface area contributed by atoms with Crippen LogP contribution in [0.25, 0.3) is 11.2 Å². The summed E-state index contributed by atoms with van der Waals surface area (Å²) in [5.41, 5.74) is 11.5. The maximum Gasteiger partial charge on any atom is 0.472 e. The number of hydrogen-bond donors (Lipinski definition) is 6. The van der Waals surface area contributed by atoms with E-state index >= 15 is 0 Å². The lowest BCUT2D eigenvalue weighted by Crippen LogP contribution is -2.29. The number of imidazole rings is 1. The Kier molecular flexibility index (Phi) is 10.6. The van der Waals surface area contributed by atoms with Gasteiger partial charge in [0.1, 0.15) is 48.4 Å². The quantitative estimate of drug-likeness (QED) is 0.0946. The highest BCUT2D eigenvalue weighted by molar-refractivity contribution is 7.47. The molecule has 7 atom stereocenters. The molecule has 0 spiro atoms. The number of rotatable bonds is 15. The van der Waals surface area contributed by atoms with E-state index in [-0.39, 0.29) is 18.7 Å². The van der Waals surface area contributed by atoms with Crippen molar-refractivity contribution in [1.29, 1.82) is 0 Å². The van der Waals surface area contributed by atoms with Crippen molar-refractivity contribution in [3.05, 3.63) is 35.4 Å². The molecule has 0 aromatic carbocycles. The summed E-state index contributed by atoms with van der Waals surface area (Å²) in [6, 6.07) is 1.63. The number of ether oxygens (including phenoxy) is 2. The van der Waals surface area contributed by atoms with Crippen LogP contribution in [0.4, 0.5) is 11.6 Å². The molecule has 0 saturated carbocycles. The van der Waals surface area contributed by atoms with Gasteiger partial charge in [0.25, 0.3) is 0 Å². The fourth-order valence-corrected chi connectivity index (χ4v) is 6.16. The summed E-state index contributed by atoms with van der Waals surface area (Å²) in [5.74, 6) is 0.611. The van der Waals surface area contributed by atoms with Crippen LogP contribution in [-0.4, -0.2) is 94.9 Å². The molecule has 5 heterocycles. The molecule has 242 valence electrons. The van der Waals surface area contributed by atoms with Crippen LogP contribution in [0.1, 0.15) is 51.0 Å². The Morgan fingerprint density at radius 3 is 2.64 bits per heavy atom. The van der Waals surface area contributed by atoms with Gasteiger partial charge in [-0.15, -0.1) is 0 Å². The maximum absolute atomic E-state index is 12.9. The Balaban J connectivity index is 1.13. The third-order valence-electron chi connectivity index (χ3n) is 7.51. The number of hydrogen-bond acceptors (Lipinski definition) is 15. The van der Waals surface area contributed by atoms with Gasteiger partial charge in [-0.25, -0.2) is 24.3 Å². The van der Waals surface area contributed by atoms with Crippen LogP contribution >= 0.6 is 7.82 Å². The number of phosphoric acid groups is 1. The van der Waals surface area contributed by atoms with Crippen LogP contribution in [-0.2, 0) is 23.1 Å². The zero-order valence-electron chi connectivity index (χ0n) is 23.9. The third-order valence-corrected chi connectivity index (χ3v) is 8.52. The molecular formula is C25H38N9O9P. The first-order chi connectivity index (χ1) is 21.2. The van der Waals surface area contributed by atoms with E-state index in [0.717, 1.165) is 25.7 Å². The highest BCUT2D eigenvalue weighted by Gasteiger charge is 2.43. The monoisotopic (exact) mass is 639 g/mol. The normalized spacial score (nSPS) is 26.7. The van der Waals surface area contributed by atoms with Crippen LogP contribution in [0, 0.1) is 0 Å². The first kappa shape index (κ1) is 32.3. The predicted octanol–water partition coefficient (Wildman–Crippen LogP) is 0.0268. The standard InChI is InChI=1S/C25H38N9O9P/c26-6-3-1-2-4-7-28-19-5-8-33(25(37)32-19)21-10-16(17(11-35)41-21)43-44(38,39)40-12-18-15(36)9-20(42-18)34-14-31-22-23(27)29-13-30-24(22)34/h5,8,13-18,20-21,35-36H,1-4,6-7,9-12,26H2,(H,38,39)(H2,27,29,30)(H,28,32,37). The van der Waals surface area contributed by atoms with E-state index in [1.165, 1.54) is 23.4 Å². The van der Waals surface area contributed by atoms with E-state index in [4.69, 9.17) is 30.0 Å². The number of aliphatic hydroxyl groups is 2. The van der Waals surface area contributed by atoms with Crippen molar-refractivity contribution >= 4 is 30.6 Å². The van der Waals surface area contributed by atoms with Crippen molar-refractivity contribution in [2.45, 2.75) is 75.4 Å². The zero-order valence-corrected chi connectivity index (χ0v) is 24.8. The fourth-order valence-electron chi connectivity index (χ4n) is 5.20. The van der Waals surface area contributed by atoms with Gasteiger partial charge in [-0.3, -0.25) is 18.2 Å². The number of aliphatic hydroxyl groups excluding tert-OH is 2. The van der Waals surface area contributed by atoms with Crippen LogP contribution in [0.2, 0.25) is 0 Å². The van der Waals surface area contributed by atoms with Gasteiger partial charge in [0.15, 0.2) is 11.5 Å². The predicted molar refractivity (Wildman–Crippen MR) is 155 cm³/mol. The molecule has 0 bridgehead atoms. The molecule has 3 aromatic heterocycles. The molecule has 2 saturated heterocycles. The molecule has 7 unspecified atom stereocenters. The van der Waals surface area contributed by atoms with Crippen molar-refractivity contribution in [1.82, 2.24) is 29.1 Å². The second-order valence-corrected chi connectivity index (χ2v) is 12.0. The minimum Gasteiger partial charge on any atom is -0.394 e. The second kappa shape index (κ2) is 14.4. The molecule has 0 aliphatic carbocycles. The Bertz CT molecular complexity index is 1510. The minimum absolute atomic E-state index is 0.0298. The lowest BCUT2D eigenvalue weighted by Gasteiger charge is -2.21. The summed E-state index contributed by atoms with van der Waals surface area (Å²) in [4.78, 5) is 39.4. The number of nitrogens with one attached hydrogen (secondary N) is 1. The van der Waals surface area contributed by atoms with Crippen molar-refractivity contribution in [2.75, 3.05) is 37.4 Å². The van der Waals surface area contributed by atoms with Crippen LogP contribution in [0.15, 0.2) is 29.7 Å². The molecule has 2 fully saturated rings. The van der Waals surface area contributed by atoms with Gasteiger partial charge in [0, 0.05) is 25.6 Å². The number of fused-ring (bicyclic) bond motifs is 1. The number of unbranched alkanes of at least 4 members (excludes halogenated alkanes) is 3. The molecule has 2 aliphatic rings. The van der Waals surface area contributed by atoms with E-state index in [1.807, 2.05) is 0 Å². The Morgan fingerprint density at radius 1 is 1.09 bits per heavy atom. The van der Waals surface area contributed by atoms with E-state index in [9.17, 15) is 24.5 Å². The van der Waals surface area contributed by atoms with Crippen molar-refractivity contribution in [2.24, 2.45) is 5.73 Å². The molecule has 18 nitrogen and oxygen atoms in total. The van der Waals surface area contributed by atoms with E-state index in [0.29, 0.717) is 30.1 Å². The smallest absolute Gasteiger partial charge is 0.394 e. The molecule has 0 radical (unpaired) electrons. The molecule has 8 N–H and O–H groups in total. The van der Waals surface area contributed by atoms with Crippen LogP contribution < -0.4 is 22.5 Å². The van der Waals surface area contributed by atoms with E-state index in [1.54, 1.807) is 10.6 Å². The maximum atomic E-state index is 12.9. The molecular weight excluding hydrogens is 601 g/mol. The Morgan fingerprint density at radius 2 is 1.86 bits per heavy atom. The molecule has 2 aliphatic heterocycles. The van der Waals surface area contributed by atoms with Crippen molar-refractivity contribution in [3.63, 3.8) is 0 Å². The largest absolute Gasteiger partial charge is 0.472 e. The zero-order chi connectivity index (χ0) is 31.3. The molecule has 19 heteroatoms. The summed E-state index contributed by atoms with van der Waals surface area (Å²) < 4.78 is 37.8. The number of nitrogen functional groups attached to an aromatic ring is 1. The van der Waals surface area contributed by atoms with E-state index < -0.39 is 63.6 Å². The number of anilines is 2. The number of phosphoric ester groups is 1. The summed E-state index contributed by atoms with van der Waals surface area (Å²) in [6.45, 7) is 0.317. The molecule has 0 amide bonds. The SMILES string of the molecule is NCCCCCCNc1ccn(C2CC(OP(=O)(O)OCC3OC(n4cnc5c(N)ncnc54)CC3O)C(CO)O2)c(=O)n1. The fraction of sp³-hybridized carbons (Fsp3) is 0.640. The van der Waals surface area contributed by atoms with Crippen molar-refractivity contribution < 1.29 is 38.2 Å². The number of nitrogens with two attached hydrogens (primary N) is 2. The van der Waals surface area contributed by atoms with Gasteiger partial charge in [0.05, 0.1) is 25.6 Å². The lowest BCUT2D eigenvalue weighted by molar-refractivity contribution is -0.0564. The summed E-state index contributed by atoms with van der Waals surface area (Å²) in [5, 5.41) is 23.5. The summed E-state index contributed by atoms with van der Waals surface area (Å²) >= 11 is 0. The van der Waals surface area contributed by atoms with Gasteiger partial charge in [0.2, 0.25) is 0 Å².